The smallest absolute Gasteiger partial charge is 0.165 e. The molecule has 21 heavy (non-hydrogen) atoms. The predicted molar refractivity (Wildman–Crippen MR) is 84.9 cm³/mol. The molecular formula is C18H28FNO. The van der Waals surface area contributed by atoms with Crippen molar-refractivity contribution in [1.82, 2.24) is 0 Å². The van der Waals surface area contributed by atoms with Crippen molar-refractivity contribution in [2.45, 2.75) is 46.0 Å². The van der Waals surface area contributed by atoms with Crippen molar-refractivity contribution in [2.75, 3.05) is 13.7 Å². The van der Waals surface area contributed by atoms with Crippen LogP contribution in [0.5, 0.6) is 5.75 Å². The number of nitrogens with two attached hydrogens (primary N) is 1. The summed E-state index contributed by atoms with van der Waals surface area (Å²) >= 11 is 0. The number of halogens is 1. The summed E-state index contributed by atoms with van der Waals surface area (Å²) < 4.78 is 18.8. The van der Waals surface area contributed by atoms with Gasteiger partial charge in [-0.15, -0.1) is 0 Å². The molecule has 1 aromatic carbocycles. The Balaban J connectivity index is 2.07. The zero-order valence-electron chi connectivity index (χ0n) is 13.5. The van der Waals surface area contributed by atoms with Crippen LogP contribution in [0.1, 0.15) is 45.1 Å². The zero-order chi connectivity index (χ0) is 15.5. The van der Waals surface area contributed by atoms with Crippen LogP contribution in [0.4, 0.5) is 4.39 Å². The van der Waals surface area contributed by atoms with E-state index in [0.29, 0.717) is 12.3 Å². The summed E-state index contributed by atoms with van der Waals surface area (Å²) in [4.78, 5) is 0. The van der Waals surface area contributed by atoms with Crippen molar-refractivity contribution in [3.63, 3.8) is 0 Å². The Labute approximate surface area is 127 Å². The number of ether oxygens (including phenoxy) is 1. The van der Waals surface area contributed by atoms with Gasteiger partial charge in [0.1, 0.15) is 0 Å². The van der Waals surface area contributed by atoms with Crippen LogP contribution in [0.2, 0.25) is 0 Å². The first-order valence-electron chi connectivity index (χ1n) is 8.02. The molecular weight excluding hydrogens is 265 g/mol. The highest BCUT2D eigenvalue weighted by molar-refractivity contribution is 5.30. The number of benzene rings is 1. The van der Waals surface area contributed by atoms with Crippen molar-refractivity contribution in [3.05, 3.63) is 29.6 Å². The molecule has 3 heteroatoms. The van der Waals surface area contributed by atoms with Crippen molar-refractivity contribution >= 4 is 0 Å². The SMILES string of the molecule is COc1ccc(CC2(CN)CCC(C(C)C)CC2)cc1F. The Morgan fingerprint density at radius 3 is 2.48 bits per heavy atom. The van der Waals surface area contributed by atoms with Crippen molar-refractivity contribution in [3.8, 4) is 5.75 Å². The van der Waals surface area contributed by atoms with Gasteiger partial charge < -0.3 is 10.5 Å². The molecule has 0 aromatic heterocycles. The van der Waals surface area contributed by atoms with E-state index in [2.05, 4.69) is 13.8 Å². The van der Waals surface area contributed by atoms with Crippen LogP contribution in [-0.2, 0) is 6.42 Å². The first-order valence-corrected chi connectivity index (χ1v) is 8.02. The molecule has 0 radical (unpaired) electrons. The van der Waals surface area contributed by atoms with Crippen LogP contribution in [-0.4, -0.2) is 13.7 Å². The quantitative estimate of drug-likeness (QED) is 0.884. The van der Waals surface area contributed by atoms with E-state index in [1.165, 1.54) is 20.0 Å². The summed E-state index contributed by atoms with van der Waals surface area (Å²) in [5, 5.41) is 0. The minimum atomic E-state index is -0.280. The van der Waals surface area contributed by atoms with E-state index >= 15 is 0 Å². The number of rotatable bonds is 5. The number of hydrogen-bond donors (Lipinski definition) is 1. The molecule has 0 unspecified atom stereocenters. The van der Waals surface area contributed by atoms with Gasteiger partial charge in [-0.1, -0.05) is 19.9 Å². The standard InChI is InChI=1S/C18H28FNO/c1-13(2)15-6-8-18(12-20,9-7-15)11-14-4-5-17(21-3)16(19)10-14/h4-5,10,13,15H,6-9,11-12,20H2,1-3H3. The number of methoxy groups -OCH3 is 1. The summed E-state index contributed by atoms with van der Waals surface area (Å²) in [6.45, 7) is 5.30. The van der Waals surface area contributed by atoms with Gasteiger partial charge in [0, 0.05) is 0 Å². The Kier molecular flexibility index (Phi) is 5.26. The average Bonchev–Trinajstić information content (AvgIpc) is 2.48. The second-order valence-corrected chi connectivity index (χ2v) is 6.93. The van der Waals surface area contributed by atoms with Crippen LogP contribution in [0.3, 0.4) is 0 Å². The molecule has 0 atom stereocenters. The third kappa shape index (κ3) is 3.76. The second kappa shape index (κ2) is 6.78. The van der Waals surface area contributed by atoms with Gasteiger partial charge in [0.25, 0.3) is 0 Å². The molecule has 1 saturated carbocycles. The fraction of sp³-hybridized carbons (Fsp3) is 0.667. The molecule has 118 valence electrons. The van der Waals surface area contributed by atoms with Gasteiger partial charge in [0.05, 0.1) is 7.11 Å². The van der Waals surface area contributed by atoms with E-state index in [-0.39, 0.29) is 11.2 Å². The van der Waals surface area contributed by atoms with Crippen LogP contribution >= 0.6 is 0 Å². The molecule has 1 aliphatic carbocycles. The minimum Gasteiger partial charge on any atom is -0.494 e. The van der Waals surface area contributed by atoms with E-state index < -0.39 is 0 Å². The molecule has 0 heterocycles. The minimum absolute atomic E-state index is 0.145. The molecule has 0 bridgehead atoms. The first-order chi connectivity index (χ1) is 9.99. The molecule has 2 rings (SSSR count). The molecule has 0 amide bonds. The highest BCUT2D eigenvalue weighted by Crippen LogP contribution is 2.43. The maximum Gasteiger partial charge on any atom is 0.165 e. The molecule has 1 aliphatic rings. The predicted octanol–water partition coefficient (Wildman–Crippen LogP) is 4.17. The summed E-state index contributed by atoms with van der Waals surface area (Å²) in [7, 11) is 1.49. The lowest BCUT2D eigenvalue weighted by Crippen LogP contribution is -2.37. The third-order valence-corrected chi connectivity index (χ3v) is 5.26. The highest BCUT2D eigenvalue weighted by Gasteiger charge is 2.35. The van der Waals surface area contributed by atoms with Crippen LogP contribution in [0.15, 0.2) is 18.2 Å². The average molecular weight is 293 g/mol. The van der Waals surface area contributed by atoms with Gasteiger partial charge in [-0.3, -0.25) is 0 Å². The first kappa shape index (κ1) is 16.3. The largest absolute Gasteiger partial charge is 0.494 e. The summed E-state index contributed by atoms with van der Waals surface area (Å²) in [5.74, 6) is 1.60. The molecule has 0 spiro atoms. The van der Waals surface area contributed by atoms with Crippen LogP contribution < -0.4 is 10.5 Å². The Morgan fingerprint density at radius 1 is 1.33 bits per heavy atom. The van der Waals surface area contributed by atoms with E-state index in [1.807, 2.05) is 6.07 Å². The summed E-state index contributed by atoms with van der Waals surface area (Å²) in [6.07, 6.45) is 5.66. The van der Waals surface area contributed by atoms with Crippen molar-refractivity contribution < 1.29 is 9.13 Å². The monoisotopic (exact) mass is 293 g/mol. The Bertz CT molecular complexity index is 464. The summed E-state index contributed by atoms with van der Waals surface area (Å²) in [5.41, 5.74) is 7.26. The van der Waals surface area contributed by atoms with Crippen LogP contribution in [0.25, 0.3) is 0 Å². The molecule has 0 saturated heterocycles. The third-order valence-electron chi connectivity index (χ3n) is 5.26. The van der Waals surface area contributed by atoms with Gasteiger partial charge in [-0.25, -0.2) is 4.39 Å². The van der Waals surface area contributed by atoms with Gasteiger partial charge in [-0.2, -0.15) is 0 Å². The molecule has 2 nitrogen and oxygen atoms in total. The van der Waals surface area contributed by atoms with E-state index in [4.69, 9.17) is 10.5 Å². The van der Waals surface area contributed by atoms with Gasteiger partial charge in [0.15, 0.2) is 11.6 Å². The topological polar surface area (TPSA) is 35.2 Å². The van der Waals surface area contributed by atoms with E-state index in [9.17, 15) is 4.39 Å². The maximum atomic E-state index is 13.8. The summed E-state index contributed by atoms with van der Waals surface area (Å²) in [6, 6.07) is 5.28. The van der Waals surface area contributed by atoms with Gasteiger partial charge in [0.2, 0.25) is 0 Å². The lowest BCUT2D eigenvalue weighted by atomic mass is 9.65. The highest BCUT2D eigenvalue weighted by atomic mass is 19.1. The zero-order valence-corrected chi connectivity index (χ0v) is 13.5. The van der Waals surface area contributed by atoms with Gasteiger partial charge >= 0.3 is 0 Å². The Morgan fingerprint density at radius 2 is 2.00 bits per heavy atom. The van der Waals surface area contributed by atoms with Crippen LogP contribution in [0, 0.1) is 23.1 Å². The lowest BCUT2D eigenvalue weighted by Gasteiger charge is -2.41. The fourth-order valence-corrected chi connectivity index (χ4v) is 3.63. The molecule has 1 aromatic rings. The van der Waals surface area contributed by atoms with Crippen molar-refractivity contribution in [1.29, 1.82) is 0 Å². The Hall–Kier alpha value is -1.09. The normalized spacial score (nSPS) is 26.1. The second-order valence-electron chi connectivity index (χ2n) is 6.93. The molecule has 0 aliphatic heterocycles. The number of hydrogen-bond acceptors (Lipinski definition) is 2. The molecule has 2 N–H and O–H groups in total. The van der Waals surface area contributed by atoms with Gasteiger partial charge in [-0.05, 0) is 73.6 Å². The van der Waals surface area contributed by atoms with Crippen molar-refractivity contribution in [2.24, 2.45) is 23.0 Å². The molecule has 1 fully saturated rings. The van der Waals surface area contributed by atoms with E-state index in [1.54, 1.807) is 12.1 Å². The lowest BCUT2D eigenvalue weighted by molar-refractivity contribution is 0.132. The van der Waals surface area contributed by atoms with E-state index in [0.717, 1.165) is 36.7 Å². The fourth-order valence-electron chi connectivity index (χ4n) is 3.63. The maximum absolute atomic E-state index is 13.8.